The Balaban J connectivity index is 3.35. The number of halogens is 1. The number of carboxylic acids is 1. The van der Waals surface area contributed by atoms with Gasteiger partial charge in [0.1, 0.15) is 5.82 Å². The molecule has 0 heterocycles. The monoisotopic (exact) mass is 211 g/mol. The van der Waals surface area contributed by atoms with Crippen molar-refractivity contribution in [2.24, 2.45) is 5.18 Å². The van der Waals surface area contributed by atoms with Crippen molar-refractivity contribution in [3.63, 3.8) is 0 Å². The van der Waals surface area contributed by atoms with E-state index < -0.39 is 23.2 Å². The van der Waals surface area contributed by atoms with Gasteiger partial charge in [0.05, 0.1) is 5.56 Å². The molecule has 1 aromatic rings. The minimum absolute atomic E-state index is 0.380. The number of benzene rings is 1. The second kappa shape index (κ2) is 4.32. The van der Waals surface area contributed by atoms with Crippen molar-refractivity contribution >= 4 is 11.7 Å². The first-order chi connectivity index (χ1) is 7.07. The third kappa shape index (κ3) is 2.16. The zero-order chi connectivity index (χ0) is 11.4. The van der Waals surface area contributed by atoms with E-state index in [1.807, 2.05) is 0 Å². The summed E-state index contributed by atoms with van der Waals surface area (Å²) in [5.41, 5.74) is -1.50. The second-order valence-corrected chi connectivity index (χ2v) is 2.57. The van der Waals surface area contributed by atoms with Gasteiger partial charge in [-0.15, -0.1) is 4.91 Å². The van der Waals surface area contributed by atoms with Gasteiger partial charge >= 0.3 is 5.97 Å². The van der Waals surface area contributed by atoms with Crippen LogP contribution in [-0.4, -0.2) is 16.2 Å². The number of hydrogen-bond acceptors (Lipinski definition) is 4. The van der Waals surface area contributed by atoms with E-state index in [1.54, 1.807) is 0 Å². The Morgan fingerprint density at radius 2 is 1.87 bits per heavy atom. The number of carboxylic acid groups (broad SMARTS) is 1. The maximum atomic E-state index is 13.1. The van der Waals surface area contributed by atoms with Crippen molar-refractivity contribution in [2.75, 3.05) is 0 Å². The molecule has 0 radical (unpaired) electrons. The van der Waals surface area contributed by atoms with Crippen molar-refractivity contribution in [1.29, 1.82) is 0 Å². The van der Waals surface area contributed by atoms with Gasteiger partial charge in [-0.1, -0.05) is 12.1 Å². The number of aliphatic hydroxyl groups is 1. The van der Waals surface area contributed by atoms with Gasteiger partial charge in [-0.2, -0.15) is 0 Å². The van der Waals surface area contributed by atoms with Crippen molar-refractivity contribution in [3.05, 3.63) is 46.3 Å². The van der Waals surface area contributed by atoms with E-state index in [9.17, 15) is 19.2 Å². The smallest absolute Gasteiger partial charge is 0.362 e. The molecule has 0 saturated heterocycles. The fourth-order valence-corrected chi connectivity index (χ4v) is 0.964. The Kier molecular flexibility index (Phi) is 3.12. The fraction of sp³-hybridized carbons (Fsp3) is 0. The van der Waals surface area contributed by atoms with Crippen LogP contribution >= 0.6 is 0 Å². The summed E-state index contributed by atoms with van der Waals surface area (Å²) in [6.07, 6.45) is 0. The highest BCUT2D eigenvalue weighted by Crippen LogP contribution is 2.19. The molecule has 0 saturated carbocycles. The predicted molar refractivity (Wildman–Crippen MR) is 49.4 cm³/mol. The predicted octanol–water partition coefficient (Wildman–Crippen LogP) is 1.90. The van der Waals surface area contributed by atoms with E-state index in [2.05, 4.69) is 5.18 Å². The number of carbonyl (C=O) groups is 1. The highest BCUT2D eigenvalue weighted by atomic mass is 19.1. The van der Waals surface area contributed by atoms with Gasteiger partial charge in [0.2, 0.25) is 5.70 Å². The van der Waals surface area contributed by atoms with Crippen LogP contribution in [0.15, 0.2) is 35.1 Å². The highest BCUT2D eigenvalue weighted by Gasteiger charge is 2.18. The summed E-state index contributed by atoms with van der Waals surface area (Å²) in [4.78, 5) is 20.5. The molecule has 0 amide bonds. The molecule has 0 aliphatic rings. The van der Waals surface area contributed by atoms with E-state index in [-0.39, 0.29) is 5.56 Å². The molecule has 6 heteroatoms. The van der Waals surface area contributed by atoms with Crippen molar-refractivity contribution < 1.29 is 19.4 Å². The maximum Gasteiger partial charge on any atom is 0.362 e. The average Bonchev–Trinajstić information content (AvgIpc) is 2.18. The van der Waals surface area contributed by atoms with Crippen LogP contribution in [0.25, 0.3) is 5.76 Å². The summed E-state index contributed by atoms with van der Waals surface area (Å²) in [6, 6.07) is 4.91. The van der Waals surface area contributed by atoms with E-state index in [0.29, 0.717) is 0 Å². The van der Waals surface area contributed by atoms with Gasteiger partial charge in [-0.25, -0.2) is 9.18 Å². The second-order valence-electron chi connectivity index (χ2n) is 2.57. The third-order valence-corrected chi connectivity index (χ3v) is 1.65. The number of aliphatic hydroxyl groups excluding tert-OH is 1. The molecule has 0 aromatic heterocycles. The number of nitroso groups, excluding NO2 is 1. The van der Waals surface area contributed by atoms with E-state index in [1.165, 1.54) is 12.1 Å². The minimum Gasteiger partial charge on any atom is -0.505 e. The SMILES string of the molecule is O=NC(C(=O)O)=C(O)c1ccccc1F. The molecule has 0 spiro atoms. The number of rotatable bonds is 3. The molecule has 0 unspecified atom stereocenters. The summed E-state index contributed by atoms with van der Waals surface area (Å²) in [6.45, 7) is 0. The highest BCUT2D eigenvalue weighted by molar-refractivity contribution is 5.94. The van der Waals surface area contributed by atoms with Gasteiger partial charge in [-0.05, 0) is 17.3 Å². The molecule has 0 bridgehead atoms. The van der Waals surface area contributed by atoms with Gasteiger partial charge in [0.15, 0.2) is 5.76 Å². The zero-order valence-electron chi connectivity index (χ0n) is 7.35. The Morgan fingerprint density at radius 3 is 2.33 bits per heavy atom. The first-order valence-corrected chi connectivity index (χ1v) is 3.82. The molecule has 1 rings (SSSR count). The number of aliphatic carboxylic acids is 1. The van der Waals surface area contributed by atoms with Crippen LogP contribution in [0.3, 0.4) is 0 Å². The molecule has 0 fully saturated rings. The van der Waals surface area contributed by atoms with Crippen molar-refractivity contribution in [1.82, 2.24) is 0 Å². The first-order valence-electron chi connectivity index (χ1n) is 3.82. The normalized spacial score (nSPS) is 11.8. The first kappa shape index (κ1) is 10.8. The Labute approximate surface area is 83.4 Å². The summed E-state index contributed by atoms with van der Waals surface area (Å²) >= 11 is 0. The summed E-state index contributed by atoms with van der Waals surface area (Å²) < 4.78 is 13.1. The lowest BCUT2D eigenvalue weighted by Crippen LogP contribution is -2.02. The Morgan fingerprint density at radius 1 is 1.27 bits per heavy atom. The molecule has 0 aliphatic carbocycles. The topological polar surface area (TPSA) is 87.0 Å². The third-order valence-electron chi connectivity index (χ3n) is 1.65. The molecule has 0 aliphatic heterocycles. The van der Waals surface area contributed by atoms with Crippen LogP contribution in [-0.2, 0) is 4.79 Å². The molecule has 15 heavy (non-hydrogen) atoms. The zero-order valence-corrected chi connectivity index (χ0v) is 7.35. The molecular formula is C9H6FNO4. The lowest BCUT2D eigenvalue weighted by molar-refractivity contribution is -0.132. The van der Waals surface area contributed by atoms with Crippen LogP contribution in [0, 0.1) is 10.7 Å². The number of hydrogen-bond donors (Lipinski definition) is 2. The van der Waals surface area contributed by atoms with E-state index in [4.69, 9.17) is 5.11 Å². The molecule has 2 N–H and O–H groups in total. The van der Waals surface area contributed by atoms with Gasteiger partial charge in [0, 0.05) is 0 Å². The molecule has 78 valence electrons. The van der Waals surface area contributed by atoms with Crippen molar-refractivity contribution in [3.8, 4) is 0 Å². The summed E-state index contributed by atoms with van der Waals surface area (Å²) in [5, 5.41) is 19.9. The Hall–Kier alpha value is -2.24. The van der Waals surface area contributed by atoms with Gasteiger partial charge in [-0.3, -0.25) is 0 Å². The lowest BCUT2D eigenvalue weighted by Gasteiger charge is -2.01. The minimum atomic E-state index is -1.72. The van der Waals surface area contributed by atoms with Gasteiger partial charge < -0.3 is 10.2 Å². The number of nitrogens with zero attached hydrogens (tertiary/aromatic N) is 1. The molecule has 0 atom stereocenters. The van der Waals surface area contributed by atoms with E-state index in [0.717, 1.165) is 12.1 Å². The van der Waals surface area contributed by atoms with Crippen LogP contribution in [0.2, 0.25) is 0 Å². The maximum absolute atomic E-state index is 13.1. The van der Waals surface area contributed by atoms with Gasteiger partial charge in [0.25, 0.3) is 0 Å². The summed E-state index contributed by atoms with van der Waals surface area (Å²) in [7, 11) is 0. The average molecular weight is 211 g/mol. The molecule has 1 aromatic carbocycles. The van der Waals surface area contributed by atoms with Crippen LogP contribution in [0.1, 0.15) is 5.56 Å². The molecular weight excluding hydrogens is 205 g/mol. The standard InChI is InChI=1S/C9H6FNO4/c10-6-4-2-1-3-5(6)8(12)7(11-15)9(13)14/h1-4,12H,(H,13,14). The Bertz CT molecular complexity index is 441. The molecule has 5 nitrogen and oxygen atoms in total. The van der Waals surface area contributed by atoms with E-state index >= 15 is 0 Å². The lowest BCUT2D eigenvalue weighted by atomic mass is 10.1. The fourth-order valence-electron chi connectivity index (χ4n) is 0.964. The quantitative estimate of drug-likeness (QED) is 0.454. The summed E-state index contributed by atoms with van der Waals surface area (Å²) in [5.74, 6) is -3.54. The van der Waals surface area contributed by atoms with Crippen LogP contribution in [0.5, 0.6) is 0 Å². The van der Waals surface area contributed by atoms with Crippen LogP contribution in [0.4, 0.5) is 4.39 Å². The van der Waals surface area contributed by atoms with Crippen molar-refractivity contribution in [2.45, 2.75) is 0 Å². The van der Waals surface area contributed by atoms with Crippen LogP contribution < -0.4 is 0 Å². The largest absolute Gasteiger partial charge is 0.505 e.